The van der Waals surface area contributed by atoms with Crippen LogP contribution in [0.4, 0.5) is 4.79 Å². The van der Waals surface area contributed by atoms with E-state index >= 15 is 0 Å². The van der Waals surface area contributed by atoms with Gasteiger partial charge in [-0.05, 0) is 27.2 Å². The summed E-state index contributed by atoms with van der Waals surface area (Å²) in [6, 6.07) is -0.192. The van der Waals surface area contributed by atoms with Crippen LogP contribution >= 0.6 is 0 Å². The van der Waals surface area contributed by atoms with Crippen molar-refractivity contribution in [2.75, 3.05) is 19.6 Å². The fourth-order valence-corrected chi connectivity index (χ4v) is 2.25. The first-order valence-corrected chi connectivity index (χ1v) is 6.24. The number of nitrogens with zero attached hydrogens (tertiary/aromatic N) is 2. The Balaban J connectivity index is 1.77. The highest BCUT2D eigenvalue weighted by molar-refractivity contribution is 5.75. The van der Waals surface area contributed by atoms with Crippen LogP contribution in [0.1, 0.15) is 27.2 Å². The van der Waals surface area contributed by atoms with Crippen LogP contribution in [-0.4, -0.2) is 64.3 Å². The lowest BCUT2D eigenvalue weighted by atomic mass is 9.96. The molecule has 0 spiro atoms. The van der Waals surface area contributed by atoms with E-state index in [0.29, 0.717) is 19.5 Å². The van der Waals surface area contributed by atoms with E-state index < -0.39 is 11.6 Å². The summed E-state index contributed by atoms with van der Waals surface area (Å²) in [5.74, 6) is -0.767. The number of likely N-dealkylation sites (tertiary alicyclic amines) is 2. The maximum absolute atomic E-state index is 11.7. The Kier molecular flexibility index (Phi) is 3.23. The standard InChI is InChI=1S/C12H20N2O4/c1-12(2,3)18-11(17)13-6-8(7-13)14-5-4-9(14)10(15)16/h8-9H,4-7H2,1-3H3,(H,15,16). The normalized spacial score (nSPS) is 25.3. The average Bonchev–Trinajstić information content (AvgIpc) is 2.03. The van der Waals surface area contributed by atoms with E-state index in [0.717, 1.165) is 6.54 Å². The lowest BCUT2D eigenvalue weighted by molar-refractivity contribution is -0.153. The van der Waals surface area contributed by atoms with Crippen LogP contribution in [0.15, 0.2) is 0 Å². The van der Waals surface area contributed by atoms with Crippen molar-refractivity contribution < 1.29 is 19.4 Å². The van der Waals surface area contributed by atoms with Gasteiger partial charge in [0.15, 0.2) is 0 Å². The summed E-state index contributed by atoms with van der Waals surface area (Å²) in [6.07, 6.45) is 0.393. The van der Waals surface area contributed by atoms with Crippen molar-refractivity contribution in [2.45, 2.75) is 44.9 Å². The second-order valence-corrected chi connectivity index (χ2v) is 5.92. The third-order valence-corrected chi connectivity index (χ3v) is 3.33. The second kappa shape index (κ2) is 4.42. The molecule has 2 rings (SSSR count). The fourth-order valence-electron chi connectivity index (χ4n) is 2.25. The molecule has 0 bridgehead atoms. The lowest BCUT2D eigenvalue weighted by Gasteiger charge is -2.51. The van der Waals surface area contributed by atoms with E-state index in [1.54, 1.807) is 4.90 Å². The zero-order chi connectivity index (χ0) is 13.5. The van der Waals surface area contributed by atoms with Crippen molar-refractivity contribution in [1.82, 2.24) is 9.80 Å². The van der Waals surface area contributed by atoms with Crippen molar-refractivity contribution >= 4 is 12.1 Å². The highest BCUT2D eigenvalue weighted by Gasteiger charge is 2.45. The van der Waals surface area contributed by atoms with Gasteiger partial charge >= 0.3 is 12.1 Å². The third-order valence-electron chi connectivity index (χ3n) is 3.33. The first-order chi connectivity index (χ1) is 8.28. The number of ether oxygens (including phenoxy) is 1. The zero-order valence-electron chi connectivity index (χ0n) is 11.0. The van der Waals surface area contributed by atoms with Gasteiger partial charge in [0.05, 0.1) is 0 Å². The summed E-state index contributed by atoms with van der Waals surface area (Å²) >= 11 is 0. The Morgan fingerprint density at radius 2 is 1.89 bits per heavy atom. The molecule has 102 valence electrons. The molecular weight excluding hydrogens is 236 g/mol. The molecule has 0 aromatic rings. The minimum atomic E-state index is -0.767. The van der Waals surface area contributed by atoms with Gasteiger partial charge in [0.1, 0.15) is 11.6 Å². The van der Waals surface area contributed by atoms with Crippen molar-refractivity contribution in [2.24, 2.45) is 0 Å². The minimum Gasteiger partial charge on any atom is -0.480 e. The van der Waals surface area contributed by atoms with Crippen LogP contribution in [0, 0.1) is 0 Å². The average molecular weight is 256 g/mol. The van der Waals surface area contributed by atoms with Crippen molar-refractivity contribution in [3.05, 3.63) is 0 Å². The quantitative estimate of drug-likeness (QED) is 0.790. The predicted octanol–water partition coefficient (Wildman–Crippen LogP) is 0.765. The van der Waals surface area contributed by atoms with Crippen LogP contribution in [0.3, 0.4) is 0 Å². The molecule has 18 heavy (non-hydrogen) atoms. The lowest BCUT2D eigenvalue weighted by Crippen LogP contribution is -2.68. The Morgan fingerprint density at radius 1 is 1.28 bits per heavy atom. The highest BCUT2D eigenvalue weighted by atomic mass is 16.6. The summed E-state index contributed by atoms with van der Waals surface area (Å²) in [5.41, 5.74) is -0.484. The molecule has 1 unspecified atom stereocenters. The van der Waals surface area contributed by atoms with Gasteiger partial charge < -0.3 is 14.7 Å². The summed E-state index contributed by atoms with van der Waals surface area (Å²) in [4.78, 5) is 26.2. The molecular formula is C12H20N2O4. The Bertz CT molecular complexity index is 358. The predicted molar refractivity (Wildman–Crippen MR) is 64.3 cm³/mol. The highest BCUT2D eigenvalue weighted by Crippen LogP contribution is 2.27. The number of aliphatic carboxylic acids is 1. The number of carboxylic acids is 1. The van der Waals surface area contributed by atoms with Gasteiger partial charge in [-0.15, -0.1) is 0 Å². The first-order valence-electron chi connectivity index (χ1n) is 6.24. The van der Waals surface area contributed by atoms with Crippen molar-refractivity contribution in [1.29, 1.82) is 0 Å². The van der Waals surface area contributed by atoms with E-state index in [1.807, 2.05) is 25.7 Å². The Morgan fingerprint density at radius 3 is 2.28 bits per heavy atom. The number of hydrogen-bond acceptors (Lipinski definition) is 4. The van der Waals surface area contributed by atoms with Gasteiger partial charge in [-0.3, -0.25) is 9.69 Å². The summed E-state index contributed by atoms with van der Waals surface area (Å²) in [6.45, 7) is 7.44. The summed E-state index contributed by atoms with van der Waals surface area (Å²) in [5, 5.41) is 8.95. The SMILES string of the molecule is CC(C)(C)OC(=O)N1CC(N2CCC2C(=O)O)C1. The molecule has 0 aromatic carbocycles. The first kappa shape index (κ1) is 13.1. The Labute approximate surface area is 106 Å². The van der Waals surface area contributed by atoms with E-state index in [4.69, 9.17) is 9.84 Å². The van der Waals surface area contributed by atoms with Gasteiger partial charge in [-0.2, -0.15) is 0 Å². The van der Waals surface area contributed by atoms with Crippen LogP contribution in [0.5, 0.6) is 0 Å². The summed E-state index contributed by atoms with van der Waals surface area (Å²) < 4.78 is 5.25. The number of hydrogen-bond donors (Lipinski definition) is 1. The van der Waals surface area contributed by atoms with E-state index in [1.165, 1.54) is 0 Å². The smallest absolute Gasteiger partial charge is 0.410 e. The van der Waals surface area contributed by atoms with E-state index in [9.17, 15) is 9.59 Å². The Hall–Kier alpha value is -1.30. The van der Waals surface area contributed by atoms with Crippen LogP contribution in [0.25, 0.3) is 0 Å². The largest absolute Gasteiger partial charge is 0.480 e. The number of carboxylic acid groups (broad SMARTS) is 1. The molecule has 0 radical (unpaired) electrons. The molecule has 0 saturated carbocycles. The molecule has 1 amide bonds. The number of carbonyl (C=O) groups excluding carboxylic acids is 1. The van der Waals surface area contributed by atoms with Gasteiger partial charge in [-0.25, -0.2) is 4.79 Å². The summed E-state index contributed by atoms with van der Waals surface area (Å²) in [7, 11) is 0. The zero-order valence-corrected chi connectivity index (χ0v) is 11.0. The van der Waals surface area contributed by atoms with Gasteiger partial charge in [0.2, 0.25) is 0 Å². The monoisotopic (exact) mass is 256 g/mol. The molecule has 0 aliphatic carbocycles. The molecule has 1 N–H and O–H groups in total. The van der Waals surface area contributed by atoms with Crippen LogP contribution in [0.2, 0.25) is 0 Å². The van der Waals surface area contributed by atoms with Crippen molar-refractivity contribution in [3.8, 4) is 0 Å². The molecule has 2 aliphatic rings. The molecule has 0 aromatic heterocycles. The molecule has 1 atom stereocenters. The van der Waals surface area contributed by atoms with Crippen LogP contribution < -0.4 is 0 Å². The van der Waals surface area contributed by atoms with Gasteiger partial charge in [-0.1, -0.05) is 0 Å². The maximum atomic E-state index is 11.7. The van der Waals surface area contributed by atoms with E-state index in [2.05, 4.69) is 0 Å². The van der Waals surface area contributed by atoms with Gasteiger partial charge in [0.25, 0.3) is 0 Å². The third kappa shape index (κ3) is 2.58. The molecule has 2 saturated heterocycles. The number of carbonyl (C=O) groups is 2. The maximum Gasteiger partial charge on any atom is 0.410 e. The number of amides is 1. The fraction of sp³-hybridized carbons (Fsp3) is 0.833. The second-order valence-electron chi connectivity index (χ2n) is 5.92. The molecule has 6 nitrogen and oxygen atoms in total. The van der Waals surface area contributed by atoms with Crippen molar-refractivity contribution in [3.63, 3.8) is 0 Å². The minimum absolute atomic E-state index is 0.173. The molecule has 2 aliphatic heterocycles. The number of rotatable bonds is 2. The van der Waals surface area contributed by atoms with Crippen LogP contribution in [-0.2, 0) is 9.53 Å². The molecule has 2 fully saturated rings. The topological polar surface area (TPSA) is 70.1 Å². The molecule has 6 heteroatoms. The van der Waals surface area contributed by atoms with Gasteiger partial charge in [0, 0.05) is 25.7 Å². The van der Waals surface area contributed by atoms with E-state index in [-0.39, 0.29) is 18.2 Å². The molecule has 2 heterocycles.